The summed E-state index contributed by atoms with van der Waals surface area (Å²) in [7, 11) is 0. The Morgan fingerprint density at radius 1 is 1.42 bits per heavy atom. The second kappa shape index (κ2) is 2.87. The lowest BCUT2D eigenvalue weighted by atomic mass is 9.83. The van der Waals surface area contributed by atoms with Crippen molar-refractivity contribution in [3.63, 3.8) is 0 Å². The van der Waals surface area contributed by atoms with Gasteiger partial charge in [-0.1, -0.05) is 17.7 Å². The number of Topliss-reactive ketones (excluding diaryl/α,β-unsaturated/α-hetero) is 1. The number of hydrogen-bond acceptors (Lipinski definition) is 2. The van der Waals surface area contributed by atoms with Gasteiger partial charge in [0.2, 0.25) is 0 Å². The van der Waals surface area contributed by atoms with E-state index in [0.29, 0.717) is 0 Å². The zero-order valence-corrected chi connectivity index (χ0v) is 7.05. The van der Waals surface area contributed by atoms with Crippen LogP contribution in [-0.4, -0.2) is 11.8 Å². The minimum Gasteiger partial charge on any atom is -0.321 e. The van der Waals surface area contributed by atoms with Crippen LogP contribution >= 0.6 is 0 Å². The molecule has 0 aliphatic heterocycles. The summed E-state index contributed by atoms with van der Waals surface area (Å²) in [4.78, 5) is 11.5. The van der Waals surface area contributed by atoms with Crippen LogP contribution in [0.25, 0.3) is 0 Å². The van der Waals surface area contributed by atoms with Gasteiger partial charge in [-0.05, 0) is 25.7 Å². The van der Waals surface area contributed by atoms with Gasteiger partial charge in [0.05, 0.1) is 6.04 Å². The fourth-order valence-electron chi connectivity index (χ4n) is 1.89. The molecule has 0 saturated carbocycles. The summed E-state index contributed by atoms with van der Waals surface area (Å²) in [6.45, 7) is 0. The number of hydrogen-bond donors (Lipinski definition) is 1. The topological polar surface area (TPSA) is 43.1 Å². The van der Waals surface area contributed by atoms with Gasteiger partial charge in [-0.2, -0.15) is 0 Å². The molecule has 2 aliphatic rings. The van der Waals surface area contributed by atoms with Crippen LogP contribution in [0.2, 0.25) is 0 Å². The van der Waals surface area contributed by atoms with Gasteiger partial charge in [0.1, 0.15) is 0 Å². The van der Waals surface area contributed by atoms with E-state index in [1.807, 2.05) is 6.08 Å². The van der Waals surface area contributed by atoms with E-state index in [9.17, 15) is 4.79 Å². The van der Waals surface area contributed by atoms with Crippen molar-refractivity contribution in [2.24, 2.45) is 5.73 Å². The molecule has 0 saturated heterocycles. The molecule has 0 fully saturated rings. The predicted molar refractivity (Wildman–Crippen MR) is 47.6 cm³/mol. The van der Waals surface area contributed by atoms with E-state index in [4.69, 9.17) is 5.73 Å². The number of carbonyl (C=O) groups is 1. The maximum Gasteiger partial charge on any atom is 0.179 e. The smallest absolute Gasteiger partial charge is 0.179 e. The Bertz CT molecular complexity index is 276. The summed E-state index contributed by atoms with van der Waals surface area (Å²) in [5.74, 6) is 0.146. The predicted octanol–water partition coefficient (Wildman–Crippen LogP) is 1.32. The summed E-state index contributed by atoms with van der Waals surface area (Å²) in [5, 5.41) is 0. The Hall–Kier alpha value is -0.890. The lowest BCUT2D eigenvalue weighted by molar-refractivity contribution is -0.117. The molecule has 0 heterocycles. The zero-order chi connectivity index (χ0) is 8.55. The highest BCUT2D eigenvalue weighted by Crippen LogP contribution is 2.29. The van der Waals surface area contributed by atoms with Gasteiger partial charge in [0.15, 0.2) is 5.78 Å². The minimum absolute atomic E-state index is 0.146. The minimum atomic E-state index is -0.244. The largest absolute Gasteiger partial charge is 0.321 e. The average Bonchev–Trinajstić information content (AvgIpc) is 2.12. The van der Waals surface area contributed by atoms with Crippen LogP contribution in [0.15, 0.2) is 23.3 Å². The first-order valence-corrected chi connectivity index (χ1v) is 4.47. The van der Waals surface area contributed by atoms with Crippen molar-refractivity contribution in [2.75, 3.05) is 0 Å². The van der Waals surface area contributed by atoms with Crippen LogP contribution in [0.1, 0.15) is 25.7 Å². The van der Waals surface area contributed by atoms with E-state index >= 15 is 0 Å². The van der Waals surface area contributed by atoms with Crippen molar-refractivity contribution in [2.45, 2.75) is 31.7 Å². The Kier molecular flexibility index (Phi) is 1.85. The summed E-state index contributed by atoms with van der Waals surface area (Å²) in [5.41, 5.74) is 7.89. The summed E-state index contributed by atoms with van der Waals surface area (Å²) in [6.07, 6.45) is 8.01. The van der Waals surface area contributed by atoms with Crippen molar-refractivity contribution in [3.05, 3.63) is 23.3 Å². The molecule has 0 spiro atoms. The zero-order valence-electron chi connectivity index (χ0n) is 7.05. The Balaban J connectivity index is 2.35. The molecule has 0 aromatic rings. The quantitative estimate of drug-likeness (QED) is 0.585. The summed E-state index contributed by atoms with van der Waals surface area (Å²) in [6, 6.07) is -0.244. The van der Waals surface area contributed by atoms with Gasteiger partial charge < -0.3 is 5.73 Å². The van der Waals surface area contributed by atoms with E-state index in [2.05, 4.69) is 6.08 Å². The first kappa shape index (κ1) is 7.74. The highest BCUT2D eigenvalue weighted by atomic mass is 16.1. The van der Waals surface area contributed by atoms with Gasteiger partial charge in [-0.15, -0.1) is 0 Å². The molecule has 0 aromatic heterocycles. The molecule has 2 aliphatic carbocycles. The molecule has 64 valence electrons. The van der Waals surface area contributed by atoms with Gasteiger partial charge in [-0.25, -0.2) is 0 Å². The van der Waals surface area contributed by atoms with Crippen LogP contribution < -0.4 is 5.73 Å². The SMILES string of the molecule is NC1CCC2=C(C=CCC2)C1=O. The molecular weight excluding hydrogens is 150 g/mol. The molecule has 12 heavy (non-hydrogen) atoms. The van der Waals surface area contributed by atoms with Crippen LogP contribution in [-0.2, 0) is 4.79 Å². The van der Waals surface area contributed by atoms with Crippen molar-refractivity contribution in [3.8, 4) is 0 Å². The number of rotatable bonds is 0. The van der Waals surface area contributed by atoms with E-state index in [-0.39, 0.29) is 11.8 Å². The molecule has 2 nitrogen and oxygen atoms in total. The van der Waals surface area contributed by atoms with Crippen LogP contribution in [0, 0.1) is 0 Å². The van der Waals surface area contributed by atoms with Crippen molar-refractivity contribution < 1.29 is 4.79 Å². The number of carbonyl (C=O) groups excluding carboxylic acids is 1. The van der Waals surface area contributed by atoms with E-state index in [1.165, 1.54) is 5.57 Å². The third-order valence-electron chi connectivity index (χ3n) is 2.64. The molecule has 0 amide bonds. The Morgan fingerprint density at radius 3 is 3.08 bits per heavy atom. The normalized spacial score (nSPS) is 29.1. The first-order valence-electron chi connectivity index (χ1n) is 4.47. The summed E-state index contributed by atoms with van der Waals surface area (Å²) >= 11 is 0. The first-order chi connectivity index (χ1) is 5.79. The lowest BCUT2D eigenvalue weighted by Crippen LogP contribution is -2.35. The fraction of sp³-hybridized carbons (Fsp3) is 0.500. The lowest BCUT2D eigenvalue weighted by Gasteiger charge is -2.23. The molecule has 1 atom stereocenters. The second-order valence-electron chi connectivity index (χ2n) is 3.47. The fourth-order valence-corrected chi connectivity index (χ4v) is 1.89. The monoisotopic (exact) mass is 163 g/mol. The van der Waals surface area contributed by atoms with Crippen LogP contribution in [0.5, 0.6) is 0 Å². The molecule has 1 unspecified atom stereocenters. The average molecular weight is 163 g/mol. The highest BCUT2D eigenvalue weighted by Gasteiger charge is 2.25. The number of nitrogens with two attached hydrogens (primary N) is 1. The maximum absolute atomic E-state index is 11.5. The molecule has 0 bridgehead atoms. The summed E-state index contributed by atoms with van der Waals surface area (Å²) < 4.78 is 0. The Morgan fingerprint density at radius 2 is 2.25 bits per heavy atom. The van der Waals surface area contributed by atoms with Gasteiger partial charge >= 0.3 is 0 Å². The van der Waals surface area contributed by atoms with Gasteiger partial charge in [0.25, 0.3) is 0 Å². The van der Waals surface area contributed by atoms with E-state index in [0.717, 1.165) is 31.3 Å². The molecule has 2 N–H and O–H groups in total. The molecular formula is C10H13NO. The third-order valence-corrected chi connectivity index (χ3v) is 2.64. The number of ketones is 1. The van der Waals surface area contributed by atoms with Gasteiger partial charge in [-0.3, -0.25) is 4.79 Å². The highest BCUT2D eigenvalue weighted by molar-refractivity contribution is 6.03. The van der Waals surface area contributed by atoms with Crippen molar-refractivity contribution in [1.82, 2.24) is 0 Å². The second-order valence-corrected chi connectivity index (χ2v) is 3.47. The van der Waals surface area contributed by atoms with E-state index < -0.39 is 0 Å². The molecule has 2 rings (SSSR count). The van der Waals surface area contributed by atoms with Crippen LogP contribution in [0.3, 0.4) is 0 Å². The molecule has 0 aromatic carbocycles. The molecule has 0 radical (unpaired) electrons. The maximum atomic E-state index is 11.5. The number of allylic oxidation sites excluding steroid dienone is 3. The van der Waals surface area contributed by atoms with Crippen molar-refractivity contribution >= 4 is 5.78 Å². The Labute approximate surface area is 72.1 Å². The molecule has 2 heteroatoms. The standard InChI is InChI=1S/C10H13NO/c11-9-6-5-7-3-1-2-4-8(7)10(9)12/h2,4,9H,1,3,5-6,11H2. The third kappa shape index (κ3) is 1.12. The van der Waals surface area contributed by atoms with Gasteiger partial charge in [0, 0.05) is 5.57 Å². The van der Waals surface area contributed by atoms with Crippen LogP contribution in [0.4, 0.5) is 0 Å². The van der Waals surface area contributed by atoms with Crippen molar-refractivity contribution in [1.29, 1.82) is 0 Å². The van der Waals surface area contributed by atoms with E-state index in [1.54, 1.807) is 0 Å².